The van der Waals surface area contributed by atoms with Crippen LogP contribution in [-0.4, -0.2) is 29.6 Å². The number of ether oxygens (including phenoxy) is 1. The second-order valence-electron chi connectivity index (χ2n) is 7.06. The number of carbonyl (C=O) groups is 1. The van der Waals surface area contributed by atoms with E-state index < -0.39 is 35.4 Å². The van der Waals surface area contributed by atoms with Crippen molar-refractivity contribution in [2.45, 2.75) is 45.8 Å². The van der Waals surface area contributed by atoms with Crippen LogP contribution in [0.2, 0.25) is 5.02 Å². The van der Waals surface area contributed by atoms with Crippen molar-refractivity contribution in [1.82, 2.24) is 5.32 Å². The molecule has 1 aromatic rings. The van der Waals surface area contributed by atoms with Gasteiger partial charge in [0.2, 0.25) is 6.04 Å². The Morgan fingerprint density at radius 3 is 2.50 bits per heavy atom. The molecular weight excluding hydrogens is 332 g/mol. The molecule has 2 rings (SSSR count). The van der Waals surface area contributed by atoms with Crippen LogP contribution in [0.1, 0.15) is 39.3 Å². The Labute approximate surface area is 146 Å². The molecule has 1 heterocycles. The lowest BCUT2D eigenvalue weighted by Gasteiger charge is -2.31. The number of hydrogen-bond donors (Lipinski definition) is 1. The van der Waals surface area contributed by atoms with Gasteiger partial charge in [0, 0.05) is 9.95 Å². The van der Waals surface area contributed by atoms with Crippen molar-refractivity contribution in [1.29, 1.82) is 0 Å². The number of nitrogens with zero attached hydrogens (tertiary/aromatic N) is 1. The van der Waals surface area contributed by atoms with E-state index in [4.69, 9.17) is 16.3 Å². The quantitative estimate of drug-likeness (QED) is 0.510. The van der Waals surface area contributed by atoms with Crippen molar-refractivity contribution in [2.24, 2.45) is 11.3 Å². The van der Waals surface area contributed by atoms with Crippen molar-refractivity contribution in [3.63, 3.8) is 0 Å². The zero-order valence-corrected chi connectivity index (χ0v) is 15.0. The van der Waals surface area contributed by atoms with Gasteiger partial charge in [-0.3, -0.25) is 20.2 Å². The van der Waals surface area contributed by atoms with E-state index in [0.29, 0.717) is 10.6 Å². The molecule has 132 valence electrons. The first kappa shape index (κ1) is 18.7. The van der Waals surface area contributed by atoms with Crippen LogP contribution in [-0.2, 0) is 9.53 Å². The summed E-state index contributed by atoms with van der Waals surface area (Å²) in [5.41, 5.74) is 0.167. The molecule has 0 spiro atoms. The van der Waals surface area contributed by atoms with Crippen molar-refractivity contribution in [3.8, 4) is 0 Å². The standard InChI is InChI=1S/C17H23ClN2O4/c1-5-24-16(21)14-12(17(2,3)4)15(20(22)23)13(19-14)10-8-6-7-9-11(10)18/h6-9,12-15,19H,5H2,1-4H3/t12-,13+,14+,15+/m1/s1. The molecule has 0 aliphatic carbocycles. The van der Waals surface area contributed by atoms with E-state index in [1.165, 1.54) is 0 Å². The number of halogens is 1. The minimum atomic E-state index is -0.973. The zero-order chi connectivity index (χ0) is 18.1. The molecule has 24 heavy (non-hydrogen) atoms. The van der Waals surface area contributed by atoms with Gasteiger partial charge in [-0.25, -0.2) is 0 Å². The van der Waals surface area contributed by atoms with Gasteiger partial charge in [0.15, 0.2) is 0 Å². The van der Waals surface area contributed by atoms with E-state index in [-0.39, 0.29) is 11.5 Å². The van der Waals surface area contributed by atoms with Crippen molar-refractivity contribution < 1.29 is 14.5 Å². The highest BCUT2D eigenvalue weighted by Gasteiger charge is 2.58. The molecule has 0 aromatic heterocycles. The summed E-state index contributed by atoms with van der Waals surface area (Å²) in [6.45, 7) is 7.65. The summed E-state index contributed by atoms with van der Waals surface area (Å²) in [5, 5.41) is 15.4. The monoisotopic (exact) mass is 354 g/mol. The van der Waals surface area contributed by atoms with Crippen LogP contribution in [0.3, 0.4) is 0 Å². The first-order chi connectivity index (χ1) is 11.2. The van der Waals surface area contributed by atoms with E-state index in [9.17, 15) is 14.9 Å². The van der Waals surface area contributed by atoms with E-state index in [1.54, 1.807) is 31.2 Å². The topological polar surface area (TPSA) is 81.5 Å². The molecule has 1 aliphatic heterocycles. The predicted octanol–water partition coefficient (Wildman–Crippen LogP) is 3.22. The van der Waals surface area contributed by atoms with Crippen LogP contribution in [0.25, 0.3) is 0 Å². The Kier molecular flexibility index (Phi) is 5.50. The lowest BCUT2D eigenvalue weighted by Crippen LogP contribution is -2.45. The Hall–Kier alpha value is -1.66. The number of hydrogen-bond acceptors (Lipinski definition) is 5. The van der Waals surface area contributed by atoms with Gasteiger partial charge in [0.05, 0.1) is 12.5 Å². The lowest BCUT2D eigenvalue weighted by molar-refractivity contribution is -0.535. The van der Waals surface area contributed by atoms with Gasteiger partial charge in [-0.15, -0.1) is 0 Å². The van der Waals surface area contributed by atoms with Crippen LogP contribution < -0.4 is 5.32 Å². The molecule has 0 radical (unpaired) electrons. The maximum absolute atomic E-state index is 12.4. The third-order valence-corrected chi connectivity index (χ3v) is 4.80. The van der Waals surface area contributed by atoms with Crippen molar-refractivity contribution in [3.05, 3.63) is 45.0 Å². The van der Waals surface area contributed by atoms with Crippen LogP contribution in [0.15, 0.2) is 24.3 Å². The van der Waals surface area contributed by atoms with Gasteiger partial charge < -0.3 is 4.74 Å². The number of nitro groups is 1. The maximum Gasteiger partial charge on any atom is 0.323 e. The normalized spacial score (nSPS) is 27.0. The molecule has 0 saturated carbocycles. The van der Waals surface area contributed by atoms with Gasteiger partial charge in [-0.05, 0) is 24.0 Å². The molecular formula is C17H23ClN2O4. The average Bonchev–Trinajstić information content (AvgIpc) is 2.88. The van der Waals surface area contributed by atoms with E-state index in [2.05, 4.69) is 5.32 Å². The highest BCUT2D eigenvalue weighted by Crippen LogP contribution is 2.44. The maximum atomic E-state index is 12.4. The van der Waals surface area contributed by atoms with Crippen LogP contribution in [0, 0.1) is 21.4 Å². The Morgan fingerprint density at radius 2 is 2.00 bits per heavy atom. The summed E-state index contributed by atoms with van der Waals surface area (Å²) < 4.78 is 5.14. The zero-order valence-electron chi connectivity index (χ0n) is 14.3. The molecule has 7 heteroatoms. The second-order valence-corrected chi connectivity index (χ2v) is 7.47. The third-order valence-electron chi connectivity index (χ3n) is 4.45. The summed E-state index contributed by atoms with van der Waals surface area (Å²) in [4.78, 5) is 23.9. The molecule has 1 saturated heterocycles. The van der Waals surface area contributed by atoms with E-state index in [1.807, 2.05) is 20.8 Å². The fourth-order valence-corrected chi connectivity index (χ4v) is 3.77. The third kappa shape index (κ3) is 3.54. The number of carbonyl (C=O) groups excluding carboxylic acids is 1. The molecule has 4 atom stereocenters. The summed E-state index contributed by atoms with van der Waals surface area (Å²) in [5.74, 6) is -0.980. The van der Waals surface area contributed by atoms with Crippen LogP contribution in [0.5, 0.6) is 0 Å². The van der Waals surface area contributed by atoms with Gasteiger partial charge in [0.25, 0.3) is 0 Å². The van der Waals surface area contributed by atoms with Gasteiger partial charge >= 0.3 is 5.97 Å². The van der Waals surface area contributed by atoms with Gasteiger partial charge in [-0.2, -0.15) is 0 Å². The summed E-state index contributed by atoms with van der Waals surface area (Å²) in [6.07, 6.45) is 0. The molecule has 6 nitrogen and oxygen atoms in total. The number of esters is 1. The summed E-state index contributed by atoms with van der Waals surface area (Å²) >= 11 is 6.25. The second kappa shape index (κ2) is 7.07. The molecule has 0 unspecified atom stereocenters. The minimum Gasteiger partial charge on any atom is -0.465 e. The fraction of sp³-hybridized carbons (Fsp3) is 0.588. The molecule has 1 aromatic carbocycles. The van der Waals surface area contributed by atoms with Gasteiger partial charge in [-0.1, -0.05) is 50.6 Å². The molecule has 1 fully saturated rings. The average molecular weight is 355 g/mol. The predicted molar refractivity (Wildman–Crippen MR) is 91.5 cm³/mol. The smallest absolute Gasteiger partial charge is 0.323 e. The Morgan fingerprint density at radius 1 is 1.38 bits per heavy atom. The SMILES string of the molecule is CCOC(=O)[C@H]1N[C@@H](c2ccccc2Cl)[C@@H]([N+](=O)[O-])[C@@H]1C(C)(C)C. The summed E-state index contributed by atoms with van der Waals surface area (Å²) in [7, 11) is 0. The van der Waals surface area contributed by atoms with Gasteiger partial charge in [0.1, 0.15) is 12.1 Å². The first-order valence-corrected chi connectivity index (χ1v) is 8.37. The number of nitrogens with one attached hydrogen (secondary N) is 1. The minimum absolute atomic E-state index is 0.230. The number of benzene rings is 1. The molecule has 1 N–H and O–H groups in total. The molecule has 0 bridgehead atoms. The van der Waals surface area contributed by atoms with E-state index in [0.717, 1.165) is 0 Å². The number of rotatable bonds is 4. The first-order valence-electron chi connectivity index (χ1n) is 7.99. The fourth-order valence-electron chi connectivity index (χ4n) is 3.51. The lowest BCUT2D eigenvalue weighted by atomic mass is 9.73. The molecule has 0 amide bonds. The molecule has 1 aliphatic rings. The van der Waals surface area contributed by atoms with Crippen LogP contribution in [0.4, 0.5) is 0 Å². The van der Waals surface area contributed by atoms with Crippen LogP contribution >= 0.6 is 11.6 Å². The van der Waals surface area contributed by atoms with Crippen molar-refractivity contribution in [2.75, 3.05) is 6.61 Å². The van der Waals surface area contributed by atoms with Crippen molar-refractivity contribution >= 4 is 17.6 Å². The largest absolute Gasteiger partial charge is 0.465 e. The van der Waals surface area contributed by atoms with E-state index >= 15 is 0 Å². The summed E-state index contributed by atoms with van der Waals surface area (Å²) in [6, 6.07) is 4.63. The highest BCUT2D eigenvalue weighted by atomic mass is 35.5. The Bertz CT molecular complexity index is 629. The Balaban J connectivity index is 2.51. The highest BCUT2D eigenvalue weighted by molar-refractivity contribution is 6.31.